The van der Waals surface area contributed by atoms with Gasteiger partial charge in [-0.05, 0) is 39.2 Å². The summed E-state index contributed by atoms with van der Waals surface area (Å²) in [7, 11) is -0.947. The van der Waals surface area contributed by atoms with Crippen molar-refractivity contribution in [1.82, 2.24) is 9.80 Å². The fraction of sp³-hybridized carbons (Fsp3) is 0.929. The highest BCUT2D eigenvalue weighted by Gasteiger charge is 2.48. The fourth-order valence-corrected chi connectivity index (χ4v) is 4.89. The fourth-order valence-electron chi connectivity index (χ4n) is 3.38. The van der Waals surface area contributed by atoms with Crippen molar-refractivity contribution in [3.05, 3.63) is 0 Å². The number of sulfone groups is 1. The molecule has 0 N–H and O–H groups in total. The van der Waals surface area contributed by atoms with Crippen molar-refractivity contribution in [2.24, 2.45) is 5.41 Å². The SMILES string of the molecule is CN1CCN(C(=O)CC2(CS(C)(=O)=O)CC2)C(C)(C)C1. The number of amides is 1. The van der Waals surface area contributed by atoms with Crippen LogP contribution in [-0.2, 0) is 14.6 Å². The van der Waals surface area contributed by atoms with Gasteiger partial charge in [-0.1, -0.05) is 0 Å². The minimum absolute atomic E-state index is 0.115. The Labute approximate surface area is 122 Å². The van der Waals surface area contributed by atoms with Crippen molar-refractivity contribution in [1.29, 1.82) is 0 Å². The number of piperazine rings is 1. The van der Waals surface area contributed by atoms with Gasteiger partial charge in [-0.2, -0.15) is 0 Å². The van der Waals surface area contributed by atoms with Crippen molar-refractivity contribution in [2.45, 2.75) is 38.6 Å². The van der Waals surface area contributed by atoms with Crippen LogP contribution in [0.3, 0.4) is 0 Å². The predicted molar refractivity (Wildman–Crippen MR) is 79.3 cm³/mol. The Morgan fingerprint density at radius 1 is 1.20 bits per heavy atom. The first-order valence-electron chi connectivity index (χ1n) is 7.20. The molecule has 1 aliphatic heterocycles. The molecule has 0 aromatic heterocycles. The van der Waals surface area contributed by atoms with Crippen LogP contribution >= 0.6 is 0 Å². The molecule has 0 atom stereocenters. The van der Waals surface area contributed by atoms with Crippen molar-refractivity contribution >= 4 is 15.7 Å². The number of hydrogen-bond acceptors (Lipinski definition) is 4. The van der Waals surface area contributed by atoms with E-state index in [1.807, 2.05) is 4.90 Å². The molecule has 1 saturated heterocycles. The second-order valence-corrected chi connectivity index (χ2v) is 9.48. The molecule has 2 fully saturated rings. The Kier molecular flexibility index (Phi) is 3.93. The van der Waals surface area contributed by atoms with Crippen LogP contribution in [0.5, 0.6) is 0 Å². The van der Waals surface area contributed by atoms with E-state index in [0.29, 0.717) is 6.42 Å². The number of hydrogen-bond donors (Lipinski definition) is 0. The van der Waals surface area contributed by atoms with E-state index in [1.165, 1.54) is 6.26 Å². The molecule has 1 aliphatic carbocycles. The summed E-state index contributed by atoms with van der Waals surface area (Å²) in [6, 6.07) is 0. The monoisotopic (exact) mass is 302 g/mol. The summed E-state index contributed by atoms with van der Waals surface area (Å²) in [6.45, 7) is 6.64. The zero-order valence-electron chi connectivity index (χ0n) is 13.0. The molecule has 116 valence electrons. The van der Waals surface area contributed by atoms with Crippen molar-refractivity contribution in [2.75, 3.05) is 38.7 Å². The zero-order valence-corrected chi connectivity index (χ0v) is 13.8. The van der Waals surface area contributed by atoms with Gasteiger partial charge in [-0.3, -0.25) is 4.79 Å². The van der Waals surface area contributed by atoms with Crippen LogP contribution in [-0.4, -0.2) is 68.4 Å². The molecule has 5 nitrogen and oxygen atoms in total. The predicted octanol–water partition coefficient (Wildman–Crippen LogP) is 0.754. The van der Waals surface area contributed by atoms with E-state index in [1.54, 1.807) is 0 Å². The van der Waals surface area contributed by atoms with Gasteiger partial charge >= 0.3 is 0 Å². The Balaban J connectivity index is 2.02. The number of likely N-dealkylation sites (N-methyl/N-ethyl adjacent to an activating group) is 1. The average Bonchev–Trinajstić information content (AvgIpc) is 2.92. The van der Waals surface area contributed by atoms with Crippen LogP contribution in [0.2, 0.25) is 0 Å². The molecule has 0 spiro atoms. The van der Waals surface area contributed by atoms with Crippen LogP contribution < -0.4 is 0 Å². The quantitative estimate of drug-likeness (QED) is 0.769. The minimum Gasteiger partial charge on any atom is -0.335 e. The standard InChI is InChI=1S/C14H26N2O3S/c1-13(2)10-15(3)7-8-16(13)12(17)9-14(5-6-14)11-20(4,18)19/h5-11H2,1-4H3. The second-order valence-electron chi connectivity index (χ2n) is 7.34. The lowest BCUT2D eigenvalue weighted by Gasteiger charge is -2.46. The van der Waals surface area contributed by atoms with Crippen LogP contribution in [0, 0.1) is 5.41 Å². The molecule has 2 rings (SSSR count). The first-order chi connectivity index (χ1) is 9.03. The summed E-state index contributed by atoms with van der Waals surface area (Å²) in [6.07, 6.45) is 3.37. The summed E-state index contributed by atoms with van der Waals surface area (Å²) >= 11 is 0. The van der Waals surface area contributed by atoms with E-state index in [9.17, 15) is 13.2 Å². The lowest BCUT2D eigenvalue weighted by molar-refractivity contribution is -0.141. The third-order valence-electron chi connectivity index (χ3n) is 4.45. The summed E-state index contributed by atoms with van der Waals surface area (Å²) in [5.74, 6) is 0.268. The molecule has 1 saturated carbocycles. The van der Waals surface area contributed by atoms with E-state index in [0.717, 1.165) is 32.5 Å². The van der Waals surface area contributed by atoms with Gasteiger partial charge in [0.15, 0.2) is 0 Å². The molecule has 6 heteroatoms. The molecule has 0 bridgehead atoms. The van der Waals surface area contributed by atoms with E-state index in [4.69, 9.17) is 0 Å². The largest absolute Gasteiger partial charge is 0.335 e. The Morgan fingerprint density at radius 2 is 1.80 bits per heavy atom. The molecule has 1 amide bonds. The van der Waals surface area contributed by atoms with E-state index in [2.05, 4.69) is 25.8 Å². The van der Waals surface area contributed by atoms with Gasteiger partial charge < -0.3 is 9.80 Å². The number of nitrogens with zero attached hydrogens (tertiary/aromatic N) is 2. The maximum Gasteiger partial charge on any atom is 0.223 e. The van der Waals surface area contributed by atoms with Gasteiger partial charge in [0.25, 0.3) is 0 Å². The molecule has 20 heavy (non-hydrogen) atoms. The van der Waals surface area contributed by atoms with Gasteiger partial charge in [-0.25, -0.2) is 8.42 Å². The Hall–Kier alpha value is -0.620. The van der Waals surface area contributed by atoms with Crippen molar-refractivity contribution < 1.29 is 13.2 Å². The normalized spacial score (nSPS) is 25.5. The molecule has 0 radical (unpaired) electrons. The summed E-state index contributed by atoms with van der Waals surface area (Å²) in [5, 5.41) is 0. The van der Waals surface area contributed by atoms with Crippen molar-refractivity contribution in [3.63, 3.8) is 0 Å². The van der Waals surface area contributed by atoms with Gasteiger partial charge in [-0.15, -0.1) is 0 Å². The second kappa shape index (κ2) is 4.98. The van der Waals surface area contributed by atoms with Crippen LogP contribution in [0.25, 0.3) is 0 Å². The molecule has 0 unspecified atom stereocenters. The van der Waals surface area contributed by atoms with Crippen LogP contribution in [0.15, 0.2) is 0 Å². The van der Waals surface area contributed by atoms with Gasteiger partial charge in [0, 0.05) is 37.8 Å². The number of rotatable bonds is 4. The maximum atomic E-state index is 12.6. The third kappa shape index (κ3) is 3.73. The molecule has 2 aliphatic rings. The molecular weight excluding hydrogens is 276 g/mol. The first-order valence-corrected chi connectivity index (χ1v) is 9.26. The summed E-state index contributed by atoms with van der Waals surface area (Å²) < 4.78 is 23.0. The van der Waals surface area contributed by atoms with Gasteiger partial charge in [0.2, 0.25) is 5.91 Å². The smallest absolute Gasteiger partial charge is 0.223 e. The molecule has 1 heterocycles. The van der Waals surface area contributed by atoms with Gasteiger partial charge in [0.05, 0.1) is 5.75 Å². The number of carbonyl (C=O) groups is 1. The Morgan fingerprint density at radius 3 is 2.25 bits per heavy atom. The van der Waals surface area contributed by atoms with Crippen molar-refractivity contribution in [3.8, 4) is 0 Å². The van der Waals surface area contributed by atoms with Crippen LogP contribution in [0.1, 0.15) is 33.1 Å². The zero-order chi connectivity index (χ0) is 15.2. The lowest BCUT2D eigenvalue weighted by atomic mass is 9.96. The van der Waals surface area contributed by atoms with E-state index < -0.39 is 9.84 Å². The van der Waals surface area contributed by atoms with Gasteiger partial charge in [0.1, 0.15) is 9.84 Å². The molecule has 0 aromatic rings. The highest BCUT2D eigenvalue weighted by atomic mass is 32.2. The summed E-state index contributed by atoms with van der Waals surface area (Å²) in [5.41, 5.74) is -0.449. The maximum absolute atomic E-state index is 12.6. The topological polar surface area (TPSA) is 57.7 Å². The van der Waals surface area contributed by atoms with E-state index in [-0.39, 0.29) is 22.6 Å². The minimum atomic E-state index is -3.01. The molecule has 0 aromatic carbocycles. The Bertz CT molecular complexity index is 495. The lowest BCUT2D eigenvalue weighted by Crippen LogP contribution is -2.60. The highest BCUT2D eigenvalue weighted by Crippen LogP contribution is 2.50. The summed E-state index contributed by atoms with van der Waals surface area (Å²) in [4.78, 5) is 16.7. The first kappa shape index (κ1) is 15.8. The van der Waals surface area contributed by atoms with E-state index >= 15 is 0 Å². The molecular formula is C14H26N2O3S. The number of carbonyl (C=O) groups excluding carboxylic acids is 1. The van der Waals surface area contributed by atoms with Crippen LogP contribution in [0.4, 0.5) is 0 Å². The third-order valence-corrected chi connectivity index (χ3v) is 5.58. The highest BCUT2D eigenvalue weighted by molar-refractivity contribution is 7.90. The average molecular weight is 302 g/mol.